The highest BCUT2D eigenvalue weighted by atomic mass is 79.9. The van der Waals surface area contributed by atoms with Crippen molar-refractivity contribution in [2.24, 2.45) is 5.73 Å². The summed E-state index contributed by atoms with van der Waals surface area (Å²) < 4.78 is 0.995. The number of aromatic nitrogens is 1. The van der Waals surface area contributed by atoms with Crippen LogP contribution in [0.5, 0.6) is 0 Å². The average Bonchev–Trinajstić information content (AvgIpc) is 2.20. The van der Waals surface area contributed by atoms with E-state index in [0.717, 1.165) is 23.1 Å². The van der Waals surface area contributed by atoms with Gasteiger partial charge in [0.25, 0.3) is 0 Å². The van der Waals surface area contributed by atoms with Crippen molar-refractivity contribution in [2.45, 2.75) is 25.8 Å². The molecule has 0 radical (unpaired) electrons. The van der Waals surface area contributed by atoms with E-state index in [2.05, 4.69) is 33.2 Å². The van der Waals surface area contributed by atoms with Crippen LogP contribution in [0.15, 0.2) is 22.8 Å². The Labute approximate surface area is 93.2 Å². The fourth-order valence-electron chi connectivity index (χ4n) is 1.25. The van der Waals surface area contributed by atoms with Crippen LogP contribution in [0.3, 0.4) is 0 Å². The average molecular weight is 258 g/mol. The molecule has 1 rings (SSSR count). The lowest BCUT2D eigenvalue weighted by Crippen LogP contribution is -2.22. The first-order chi connectivity index (χ1) is 6.76. The molecule has 4 heteroatoms. The molecule has 0 spiro atoms. The minimum absolute atomic E-state index is 0.425. The van der Waals surface area contributed by atoms with Crippen LogP contribution in [-0.2, 0) is 0 Å². The molecular weight excluding hydrogens is 242 g/mol. The zero-order chi connectivity index (χ0) is 10.4. The zero-order valence-electron chi connectivity index (χ0n) is 8.33. The molecule has 0 fully saturated rings. The van der Waals surface area contributed by atoms with Crippen molar-refractivity contribution in [3.63, 3.8) is 0 Å². The number of nitrogens with zero attached hydrogens (tertiary/aromatic N) is 1. The van der Waals surface area contributed by atoms with Crippen molar-refractivity contribution in [1.29, 1.82) is 0 Å². The van der Waals surface area contributed by atoms with Crippen LogP contribution in [-0.4, -0.2) is 17.6 Å². The molecule has 1 aromatic rings. The molecule has 0 saturated heterocycles. The summed E-state index contributed by atoms with van der Waals surface area (Å²) in [5, 5.41) is 3.34. The van der Waals surface area contributed by atoms with Crippen LogP contribution in [0, 0.1) is 0 Å². The molecule has 3 nitrogen and oxygen atoms in total. The third-order valence-electron chi connectivity index (χ3n) is 2.09. The van der Waals surface area contributed by atoms with Gasteiger partial charge in [-0.05, 0) is 47.4 Å². The highest BCUT2D eigenvalue weighted by Crippen LogP contribution is 2.12. The summed E-state index contributed by atoms with van der Waals surface area (Å²) in [6.07, 6.45) is 3.83. The van der Waals surface area contributed by atoms with Gasteiger partial charge in [-0.15, -0.1) is 0 Å². The number of hydrogen-bond acceptors (Lipinski definition) is 3. The highest BCUT2D eigenvalue weighted by Gasteiger charge is 2.04. The quantitative estimate of drug-likeness (QED) is 0.852. The molecule has 1 aromatic heterocycles. The zero-order valence-corrected chi connectivity index (χ0v) is 9.92. The van der Waals surface area contributed by atoms with Crippen LogP contribution >= 0.6 is 15.9 Å². The smallest absolute Gasteiger partial charge is 0.126 e. The second-order valence-electron chi connectivity index (χ2n) is 3.19. The van der Waals surface area contributed by atoms with Crippen molar-refractivity contribution in [3.05, 3.63) is 22.8 Å². The van der Waals surface area contributed by atoms with E-state index < -0.39 is 0 Å². The number of nitrogens with two attached hydrogens (primary N) is 1. The van der Waals surface area contributed by atoms with Gasteiger partial charge in [-0.25, -0.2) is 4.98 Å². The van der Waals surface area contributed by atoms with Crippen molar-refractivity contribution >= 4 is 21.7 Å². The maximum Gasteiger partial charge on any atom is 0.126 e. The monoisotopic (exact) mass is 257 g/mol. The molecule has 14 heavy (non-hydrogen) atoms. The Morgan fingerprint density at radius 1 is 1.57 bits per heavy atom. The molecule has 0 bridgehead atoms. The van der Waals surface area contributed by atoms with Gasteiger partial charge in [-0.1, -0.05) is 6.92 Å². The fourth-order valence-corrected chi connectivity index (χ4v) is 1.48. The Bertz CT molecular complexity index is 261. The normalized spacial score (nSPS) is 12.5. The molecule has 0 amide bonds. The molecule has 1 unspecified atom stereocenters. The van der Waals surface area contributed by atoms with Gasteiger partial charge in [0.2, 0.25) is 0 Å². The molecule has 1 heterocycles. The summed E-state index contributed by atoms with van der Waals surface area (Å²) in [5.74, 6) is 0.911. The van der Waals surface area contributed by atoms with Gasteiger partial charge in [0, 0.05) is 16.7 Å². The second-order valence-corrected chi connectivity index (χ2v) is 4.10. The maximum absolute atomic E-state index is 5.51. The molecule has 78 valence electrons. The van der Waals surface area contributed by atoms with E-state index in [4.69, 9.17) is 5.73 Å². The summed E-state index contributed by atoms with van der Waals surface area (Å²) in [6.45, 7) is 2.86. The first kappa shape index (κ1) is 11.5. The highest BCUT2D eigenvalue weighted by molar-refractivity contribution is 9.10. The first-order valence-corrected chi connectivity index (χ1v) is 5.63. The van der Waals surface area contributed by atoms with Gasteiger partial charge in [-0.3, -0.25) is 0 Å². The summed E-state index contributed by atoms with van der Waals surface area (Å²) in [6, 6.07) is 4.36. The number of rotatable bonds is 5. The van der Waals surface area contributed by atoms with Crippen molar-refractivity contribution in [1.82, 2.24) is 4.98 Å². The first-order valence-electron chi connectivity index (χ1n) is 4.84. The summed E-state index contributed by atoms with van der Waals surface area (Å²) >= 11 is 3.35. The van der Waals surface area contributed by atoms with E-state index in [1.165, 1.54) is 0 Å². The minimum atomic E-state index is 0.425. The Morgan fingerprint density at radius 3 is 2.86 bits per heavy atom. The van der Waals surface area contributed by atoms with Gasteiger partial charge in [-0.2, -0.15) is 0 Å². The Balaban J connectivity index is 2.53. The third-order valence-corrected chi connectivity index (χ3v) is 2.56. The number of pyridine rings is 1. The molecule has 0 aliphatic carbocycles. The number of anilines is 1. The Morgan fingerprint density at radius 2 is 2.36 bits per heavy atom. The van der Waals surface area contributed by atoms with E-state index in [0.29, 0.717) is 12.6 Å². The van der Waals surface area contributed by atoms with E-state index in [-0.39, 0.29) is 0 Å². The lowest BCUT2D eigenvalue weighted by molar-refractivity contribution is 0.639. The SMILES string of the molecule is CCC(CCN)Nc1ccc(Br)cn1. The lowest BCUT2D eigenvalue weighted by atomic mass is 10.1. The molecule has 0 aliphatic heterocycles. The maximum atomic E-state index is 5.51. The fraction of sp³-hybridized carbons (Fsp3) is 0.500. The van der Waals surface area contributed by atoms with Crippen molar-refractivity contribution in [2.75, 3.05) is 11.9 Å². The molecule has 0 aromatic carbocycles. The van der Waals surface area contributed by atoms with E-state index in [1.807, 2.05) is 12.1 Å². The van der Waals surface area contributed by atoms with Crippen molar-refractivity contribution < 1.29 is 0 Å². The Hall–Kier alpha value is -0.610. The van der Waals surface area contributed by atoms with Crippen LogP contribution in [0.1, 0.15) is 19.8 Å². The van der Waals surface area contributed by atoms with Gasteiger partial charge < -0.3 is 11.1 Å². The number of nitrogens with one attached hydrogen (secondary N) is 1. The van der Waals surface area contributed by atoms with E-state index in [1.54, 1.807) is 6.20 Å². The summed E-state index contributed by atoms with van der Waals surface area (Å²) in [7, 11) is 0. The standard InChI is InChI=1S/C10H16BrN3/c1-2-9(5-6-12)14-10-4-3-8(11)7-13-10/h3-4,7,9H,2,5-6,12H2,1H3,(H,13,14). The minimum Gasteiger partial charge on any atom is -0.367 e. The van der Waals surface area contributed by atoms with Gasteiger partial charge in [0.05, 0.1) is 0 Å². The summed E-state index contributed by atoms with van der Waals surface area (Å²) in [5.41, 5.74) is 5.51. The van der Waals surface area contributed by atoms with E-state index in [9.17, 15) is 0 Å². The largest absolute Gasteiger partial charge is 0.367 e. The van der Waals surface area contributed by atoms with Crippen molar-refractivity contribution in [3.8, 4) is 0 Å². The number of hydrogen-bond donors (Lipinski definition) is 2. The van der Waals surface area contributed by atoms with Crippen LogP contribution in [0.4, 0.5) is 5.82 Å². The third kappa shape index (κ3) is 3.64. The Kier molecular flexibility index (Phi) is 4.90. The van der Waals surface area contributed by atoms with Gasteiger partial charge in [0.15, 0.2) is 0 Å². The molecule has 3 N–H and O–H groups in total. The predicted molar refractivity (Wildman–Crippen MR) is 63.3 cm³/mol. The second kappa shape index (κ2) is 5.98. The van der Waals surface area contributed by atoms with E-state index >= 15 is 0 Å². The van der Waals surface area contributed by atoms with Gasteiger partial charge >= 0.3 is 0 Å². The predicted octanol–water partition coefficient (Wildman–Crippen LogP) is 2.38. The molecule has 0 aliphatic rings. The number of halogens is 1. The summed E-state index contributed by atoms with van der Waals surface area (Å²) in [4.78, 5) is 4.25. The van der Waals surface area contributed by atoms with Crippen LogP contribution in [0.25, 0.3) is 0 Å². The molecule has 1 atom stereocenters. The molecular formula is C10H16BrN3. The topological polar surface area (TPSA) is 50.9 Å². The lowest BCUT2D eigenvalue weighted by Gasteiger charge is -2.16. The van der Waals surface area contributed by atoms with Crippen LogP contribution in [0.2, 0.25) is 0 Å². The molecule has 0 saturated carbocycles. The van der Waals surface area contributed by atoms with Crippen LogP contribution < -0.4 is 11.1 Å². The van der Waals surface area contributed by atoms with Gasteiger partial charge in [0.1, 0.15) is 5.82 Å².